The molecule has 1 saturated heterocycles. The smallest absolute Gasteiger partial charge is 0.333 e. The second-order valence-corrected chi connectivity index (χ2v) is 12.3. The predicted octanol–water partition coefficient (Wildman–Crippen LogP) is 3.92. The summed E-state index contributed by atoms with van der Waals surface area (Å²) in [6.45, 7) is -1.26. The SMILES string of the molecule is O=S(=O)(C1CC1)n1cc(-c2nccc(Nc3cc(NC4CCN(CCF)CC4)c(-c4ccn(C(F)F)n4)cn3)n2)cn1. The van der Waals surface area contributed by atoms with Gasteiger partial charge in [-0.25, -0.2) is 32.4 Å². The van der Waals surface area contributed by atoms with Gasteiger partial charge in [0.25, 0.3) is 10.0 Å². The molecule has 12 nitrogen and oxygen atoms in total. The van der Waals surface area contributed by atoms with Crippen LogP contribution in [0.15, 0.2) is 49.2 Å². The molecule has 222 valence electrons. The van der Waals surface area contributed by atoms with Crippen LogP contribution in [-0.2, 0) is 10.0 Å². The van der Waals surface area contributed by atoms with Gasteiger partial charge in [-0.1, -0.05) is 0 Å². The molecule has 0 atom stereocenters. The van der Waals surface area contributed by atoms with Crippen LogP contribution in [0.2, 0.25) is 0 Å². The maximum atomic E-state index is 13.2. The molecule has 0 radical (unpaired) electrons. The maximum absolute atomic E-state index is 13.2. The van der Waals surface area contributed by atoms with Crippen molar-refractivity contribution in [2.45, 2.75) is 43.5 Å². The highest BCUT2D eigenvalue weighted by atomic mass is 32.2. The van der Waals surface area contributed by atoms with Crippen LogP contribution in [0.25, 0.3) is 22.6 Å². The maximum Gasteiger partial charge on any atom is 0.333 e. The number of anilines is 3. The van der Waals surface area contributed by atoms with Gasteiger partial charge < -0.3 is 15.5 Å². The molecule has 16 heteroatoms. The summed E-state index contributed by atoms with van der Waals surface area (Å²) < 4.78 is 65.8. The van der Waals surface area contributed by atoms with Crippen LogP contribution in [0.3, 0.4) is 0 Å². The molecule has 1 saturated carbocycles. The number of halogens is 3. The van der Waals surface area contributed by atoms with Gasteiger partial charge in [-0.05, 0) is 37.8 Å². The Morgan fingerprint density at radius 3 is 2.57 bits per heavy atom. The minimum atomic E-state index is -3.52. The molecule has 42 heavy (non-hydrogen) atoms. The second-order valence-electron chi connectivity index (χ2n) is 10.3. The number of likely N-dealkylation sites (tertiary alicyclic amines) is 1. The number of nitrogens with zero attached hydrogens (tertiary/aromatic N) is 8. The van der Waals surface area contributed by atoms with E-state index in [-0.39, 0.29) is 18.5 Å². The molecule has 0 amide bonds. The number of alkyl halides is 3. The van der Waals surface area contributed by atoms with Crippen molar-refractivity contribution < 1.29 is 21.6 Å². The number of pyridine rings is 1. The number of aromatic nitrogens is 7. The Balaban J connectivity index is 1.24. The van der Waals surface area contributed by atoms with Gasteiger partial charge in [0.2, 0.25) is 0 Å². The monoisotopic (exact) mass is 602 g/mol. The first kappa shape index (κ1) is 28.1. The van der Waals surface area contributed by atoms with Crippen LogP contribution < -0.4 is 10.6 Å². The fraction of sp³-hybridized carbons (Fsp3) is 0.423. The van der Waals surface area contributed by atoms with Crippen LogP contribution in [0.4, 0.5) is 30.5 Å². The van der Waals surface area contributed by atoms with E-state index in [1.165, 1.54) is 30.9 Å². The molecule has 4 aromatic heterocycles. The van der Waals surface area contributed by atoms with Crippen LogP contribution in [-0.4, -0.2) is 84.8 Å². The van der Waals surface area contributed by atoms with Gasteiger partial charge in [-0.15, -0.1) is 0 Å². The fourth-order valence-electron chi connectivity index (χ4n) is 4.85. The van der Waals surface area contributed by atoms with E-state index in [0.717, 1.165) is 30.0 Å². The summed E-state index contributed by atoms with van der Waals surface area (Å²) >= 11 is 0. The zero-order valence-corrected chi connectivity index (χ0v) is 23.3. The van der Waals surface area contributed by atoms with Gasteiger partial charge in [0.05, 0.1) is 28.9 Å². The summed E-state index contributed by atoms with van der Waals surface area (Å²) in [4.78, 5) is 15.3. The Morgan fingerprint density at radius 1 is 1.05 bits per heavy atom. The number of rotatable bonds is 11. The normalized spacial score (nSPS) is 16.7. The molecule has 0 unspecified atom stereocenters. The van der Waals surface area contributed by atoms with Gasteiger partial charge in [-0.2, -0.15) is 23.1 Å². The van der Waals surface area contributed by atoms with Crippen LogP contribution in [0, 0.1) is 0 Å². The topological polar surface area (TPSA) is 136 Å². The summed E-state index contributed by atoms with van der Waals surface area (Å²) in [6.07, 6.45) is 9.94. The highest BCUT2D eigenvalue weighted by Gasteiger charge is 2.37. The zero-order valence-electron chi connectivity index (χ0n) is 22.4. The van der Waals surface area contributed by atoms with E-state index < -0.39 is 21.8 Å². The minimum absolute atomic E-state index is 0.0844. The van der Waals surface area contributed by atoms with Gasteiger partial charge in [0.15, 0.2) is 5.82 Å². The molecule has 1 aliphatic carbocycles. The van der Waals surface area contributed by atoms with Gasteiger partial charge >= 0.3 is 6.55 Å². The average Bonchev–Trinajstić information content (AvgIpc) is 3.52. The van der Waals surface area contributed by atoms with E-state index in [0.29, 0.717) is 58.2 Å². The van der Waals surface area contributed by atoms with Crippen LogP contribution >= 0.6 is 0 Å². The summed E-state index contributed by atoms with van der Waals surface area (Å²) in [6, 6.07) is 4.99. The first-order chi connectivity index (χ1) is 20.3. The second kappa shape index (κ2) is 11.7. The number of nitrogens with one attached hydrogen (secondary N) is 2. The lowest BCUT2D eigenvalue weighted by Gasteiger charge is -2.32. The van der Waals surface area contributed by atoms with Crippen molar-refractivity contribution in [2.75, 3.05) is 36.9 Å². The van der Waals surface area contributed by atoms with Crippen LogP contribution in [0.1, 0.15) is 32.2 Å². The Kier molecular flexibility index (Phi) is 7.81. The van der Waals surface area contributed by atoms with E-state index in [1.807, 2.05) is 0 Å². The quantitative estimate of drug-likeness (QED) is 0.260. The van der Waals surface area contributed by atoms with Gasteiger partial charge in [0, 0.05) is 61.6 Å². The third-order valence-electron chi connectivity index (χ3n) is 7.27. The lowest BCUT2D eigenvalue weighted by Crippen LogP contribution is -2.40. The minimum Gasteiger partial charge on any atom is -0.382 e. The van der Waals surface area contributed by atoms with Crippen molar-refractivity contribution in [3.05, 3.63) is 49.2 Å². The van der Waals surface area contributed by atoms with E-state index in [4.69, 9.17) is 0 Å². The molecule has 0 bridgehead atoms. The molecule has 1 aliphatic heterocycles. The summed E-state index contributed by atoms with van der Waals surface area (Å²) in [5.41, 5.74) is 1.99. The summed E-state index contributed by atoms with van der Waals surface area (Å²) in [5, 5.41) is 14.3. The molecule has 0 spiro atoms. The van der Waals surface area contributed by atoms with Crippen molar-refractivity contribution in [1.29, 1.82) is 0 Å². The molecular weight excluding hydrogens is 573 g/mol. The Hall–Kier alpha value is -4.05. The Labute approximate surface area is 240 Å². The third-order valence-corrected chi connectivity index (χ3v) is 9.31. The number of hydrogen-bond acceptors (Lipinski definition) is 10. The van der Waals surface area contributed by atoms with Crippen LogP contribution in [0.5, 0.6) is 0 Å². The van der Waals surface area contributed by atoms with E-state index >= 15 is 0 Å². The van der Waals surface area contributed by atoms with Crippen molar-refractivity contribution >= 4 is 27.3 Å². The Morgan fingerprint density at radius 2 is 1.86 bits per heavy atom. The van der Waals surface area contributed by atoms with Gasteiger partial charge in [0.1, 0.15) is 18.3 Å². The molecule has 6 rings (SSSR count). The van der Waals surface area contributed by atoms with Crippen molar-refractivity contribution in [2.24, 2.45) is 0 Å². The van der Waals surface area contributed by atoms with E-state index in [9.17, 15) is 21.6 Å². The average molecular weight is 603 g/mol. The van der Waals surface area contributed by atoms with Crippen molar-refractivity contribution in [1.82, 2.24) is 38.8 Å². The third kappa shape index (κ3) is 6.09. The zero-order chi connectivity index (χ0) is 29.3. The molecule has 2 fully saturated rings. The van der Waals surface area contributed by atoms with Crippen molar-refractivity contribution in [3.63, 3.8) is 0 Å². The first-order valence-corrected chi connectivity index (χ1v) is 15.1. The predicted molar refractivity (Wildman–Crippen MR) is 150 cm³/mol. The first-order valence-electron chi connectivity index (χ1n) is 13.6. The molecule has 2 aliphatic rings. The molecule has 2 N–H and O–H groups in total. The van der Waals surface area contributed by atoms with E-state index in [2.05, 4.69) is 40.7 Å². The summed E-state index contributed by atoms with van der Waals surface area (Å²) in [7, 11) is -3.52. The van der Waals surface area contributed by atoms with Gasteiger partial charge in [-0.3, -0.25) is 0 Å². The highest BCUT2D eigenvalue weighted by Crippen LogP contribution is 2.32. The molecular formula is C26H29F3N10O2S. The number of piperidine rings is 1. The highest BCUT2D eigenvalue weighted by molar-refractivity contribution is 7.90. The largest absolute Gasteiger partial charge is 0.382 e. The lowest BCUT2D eigenvalue weighted by molar-refractivity contribution is 0.0568. The van der Waals surface area contributed by atoms with Crippen molar-refractivity contribution in [3.8, 4) is 22.6 Å². The lowest BCUT2D eigenvalue weighted by atomic mass is 10.0. The molecule has 0 aromatic carbocycles. The van der Waals surface area contributed by atoms with E-state index in [1.54, 1.807) is 18.3 Å². The molecule has 5 heterocycles. The molecule has 4 aromatic rings. The summed E-state index contributed by atoms with van der Waals surface area (Å²) in [5.74, 6) is 1.12. The number of hydrogen-bond donors (Lipinski definition) is 2. The standard InChI is InChI=1S/C26H29F3N10O2S/c27-7-12-37-9-4-18(5-10-37)33-22-13-24(31-15-20(22)21-6-11-38(36-21)26(28)29)34-23-3-8-30-25(35-23)17-14-32-39(16-17)42(40,41)19-1-2-19/h3,6,8,11,13-16,18-19,26H,1-2,4-5,7,9-10,12H2,(H2,30,31,33,34,35). The Bertz CT molecular complexity index is 1650. The fourth-order valence-corrected chi connectivity index (χ4v) is 6.33.